The summed E-state index contributed by atoms with van der Waals surface area (Å²) in [6, 6.07) is 26.1. The third kappa shape index (κ3) is 6.48. The number of piperidine rings is 2. The average molecular weight is 660 g/mol. The molecule has 5 heterocycles. The Hall–Kier alpha value is -4.87. The van der Waals surface area contributed by atoms with Gasteiger partial charge in [0.05, 0.1) is 5.69 Å². The second kappa shape index (κ2) is 13.6. The monoisotopic (exact) mass is 659 g/mol. The molecule has 49 heavy (non-hydrogen) atoms. The molecule has 3 aliphatic rings. The number of likely N-dealkylation sites (tertiary alicyclic amines) is 2. The largest absolute Gasteiger partial charge is 0.457 e. The molecule has 4 N–H and O–H groups in total. The molecule has 5 aromatic rings. The van der Waals surface area contributed by atoms with Gasteiger partial charge in [-0.05, 0) is 118 Å². The number of nitrogens with zero attached hydrogens (tertiary/aromatic N) is 7. The molecule has 3 fully saturated rings. The van der Waals surface area contributed by atoms with E-state index in [4.69, 9.17) is 16.2 Å². The molecule has 2 aromatic heterocycles. The van der Waals surface area contributed by atoms with Gasteiger partial charge in [-0.25, -0.2) is 14.8 Å². The third-order valence-corrected chi connectivity index (χ3v) is 10.8. The fourth-order valence-electron chi connectivity index (χ4n) is 7.88. The van der Waals surface area contributed by atoms with E-state index in [2.05, 4.69) is 36.8 Å². The van der Waals surface area contributed by atoms with Gasteiger partial charge in [-0.15, -0.1) is 0 Å². The molecular weight excluding hydrogens is 614 g/mol. The van der Waals surface area contributed by atoms with E-state index in [1.807, 2.05) is 71.3 Å². The first kappa shape index (κ1) is 31.4. The van der Waals surface area contributed by atoms with Crippen molar-refractivity contribution in [2.75, 3.05) is 62.2 Å². The minimum atomic E-state index is -0.132. The minimum Gasteiger partial charge on any atom is -0.457 e. The number of imidazole rings is 1. The summed E-state index contributed by atoms with van der Waals surface area (Å²) in [6.45, 7) is 7.69. The number of rotatable bonds is 9. The van der Waals surface area contributed by atoms with Gasteiger partial charge in [-0.1, -0.05) is 18.2 Å². The Kier molecular flexibility index (Phi) is 8.69. The molecule has 0 saturated carbocycles. The molecule has 3 aromatic carbocycles. The first-order valence-corrected chi connectivity index (χ1v) is 17.6. The van der Waals surface area contributed by atoms with Crippen LogP contribution in [0.2, 0.25) is 0 Å². The van der Waals surface area contributed by atoms with Gasteiger partial charge < -0.3 is 26.0 Å². The van der Waals surface area contributed by atoms with Crippen LogP contribution in [0.1, 0.15) is 38.1 Å². The summed E-state index contributed by atoms with van der Waals surface area (Å²) in [6.07, 6.45) is 7.06. The second-order valence-corrected chi connectivity index (χ2v) is 13.8. The third-order valence-electron chi connectivity index (χ3n) is 10.8. The molecule has 0 bridgehead atoms. The molecule has 0 unspecified atom stereocenters. The number of para-hydroxylation sites is 1. The summed E-state index contributed by atoms with van der Waals surface area (Å²) in [4.78, 5) is 30.6. The van der Waals surface area contributed by atoms with Gasteiger partial charge in [0.15, 0.2) is 11.5 Å². The summed E-state index contributed by atoms with van der Waals surface area (Å²) < 4.78 is 9.47. The quantitative estimate of drug-likeness (QED) is 0.207. The molecule has 3 aliphatic heterocycles. The van der Waals surface area contributed by atoms with Gasteiger partial charge in [0, 0.05) is 49.6 Å². The number of nitrogens with two attached hydrogens (primary N) is 2. The number of hydrogen-bond acceptors (Lipinski definition) is 9. The zero-order chi connectivity index (χ0) is 33.3. The van der Waals surface area contributed by atoms with Crippen LogP contribution in [0.4, 0.5) is 17.2 Å². The molecule has 11 nitrogen and oxygen atoms in total. The van der Waals surface area contributed by atoms with Gasteiger partial charge in [0.1, 0.15) is 23.3 Å². The van der Waals surface area contributed by atoms with Crippen LogP contribution in [0, 0.1) is 5.92 Å². The van der Waals surface area contributed by atoms with E-state index in [1.54, 1.807) is 4.57 Å². The van der Waals surface area contributed by atoms with E-state index in [1.165, 1.54) is 44.4 Å². The Morgan fingerprint density at radius 2 is 1.41 bits per heavy atom. The van der Waals surface area contributed by atoms with Gasteiger partial charge in [0.25, 0.3) is 0 Å². The summed E-state index contributed by atoms with van der Waals surface area (Å²) >= 11 is 0. The zero-order valence-electron chi connectivity index (χ0n) is 27.9. The molecule has 254 valence electrons. The van der Waals surface area contributed by atoms with E-state index in [-0.39, 0.29) is 11.7 Å². The van der Waals surface area contributed by atoms with Gasteiger partial charge in [0.2, 0.25) is 0 Å². The predicted octanol–water partition coefficient (Wildman–Crippen LogP) is 5.17. The van der Waals surface area contributed by atoms with Crippen LogP contribution in [0.5, 0.6) is 11.5 Å². The number of nitrogen functional groups attached to an aromatic ring is 2. The highest BCUT2D eigenvalue weighted by Gasteiger charge is 2.34. The Bertz CT molecular complexity index is 1920. The fourth-order valence-corrected chi connectivity index (χ4v) is 7.88. The smallest absolute Gasteiger partial charge is 0.335 e. The Morgan fingerprint density at radius 1 is 0.735 bits per heavy atom. The van der Waals surface area contributed by atoms with E-state index in [9.17, 15) is 4.79 Å². The average Bonchev–Trinajstić information content (AvgIpc) is 3.42. The number of fused-ring (bicyclic) bond motifs is 1. The first-order chi connectivity index (χ1) is 24.0. The number of hydrogen-bond donors (Lipinski definition) is 2. The van der Waals surface area contributed by atoms with Crippen molar-refractivity contribution in [1.29, 1.82) is 0 Å². The Balaban J connectivity index is 0.857. The lowest BCUT2D eigenvalue weighted by Gasteiger charge is -2.49. The fraction of sp³-hybridized carbons (Fsp3) is 0.395. The van der Waals surface area contributed by atoms with Crippen molar-refractivity contribution in [3.63, 3.8) is 0 Å². The lowest BCUT2D eigenvalue weighted by molar-refractivity contribution is 0.101. The Morgan fingerprint density at radius 3 is 2.12 bits per heavy atom. The second-order valence-electron chi connectivity index (χ2n) is 13.8. The van der Waals surface area contributed by atoms with Crippen LogP contribution in [0.3, 0.4) is 0 Å². The van der Waals surface area contributed by atoms with Gasteiger partial charge in [-0.2, -0.15) is 0 Å². The van der Waals surface area contributed by atoms with Crippen molar-refractivity contribution >= 4 is 28.4 Å². The first-order valence-electron chi connectivity index (χ1n) is 17.6. The predicted molar refractivity (Wildman–Crippen MR) is 195 cm³/mol. The Labute approximate surface area is 286 Å². The highest BCUT2D eigenvalue weighted by atomic mass is 16.5. The van der Waals surface area contributed by atoms with E-state index in [0.717, 1.165) is 62.9 Å². The molecule has 0 atom stereocenters. The summed E-state index contributed by atoms with van der Waals surface area (Å²) in [5.41, 5.74) is 16.0. The summed E-state index contributed by atoms with van der Waals surface area (Å²) in [5, 5.41) is 0. The van der Waals surface area contributed by atoms with Crippen molar-refractivity contribution < 1.29 is 4.74 Å². The highest BCUT2D eigenvalue weighted by Crippen LogP contribution is 2.31. The van der Waals surface area contributed by atoms with E-state index in [0.29, 0.717) is 34.5 Å². The summed E-state index contributed by atoms with van der Waals surface area (Å²) in [5.74, 6) is 2.52. The van der Waals surface area contributed by atoms with Crippen LogP contribution in [-0.2, 0) is 0 Å². The molecule has 0 amide bonds. The van der Waals surface area contributed by atoms with Crippen LogP contribution < -0.4 is 26.8 Å². The van der Waals surface area contributed by atoms with Crippen molar-refractivity contribution in [2.45, 2.75) is 44.2 Å². The number of aromatic nitrogens is 4. The molecule has 0 spiro atoms. The van der Waals surface area contributed by atoms with E-state index < -0.39 is 0 Å². The van der Waals surface area contributed by atoms with Crippen molar-refractivity contribution in [2.24, 2.45) is 5.92 Å². The lowest BCUT2D eigenvalue weighted by Crippen LogP contribution is -2.61. The number of anilines is 3. The van der Waals surface area contributed by atoms with Crippen LogP contribution in [-0.4, -0.2) is 80.8 Å². The highest BCUT2D eigenvalue weighted by molar-refractivity contribution is 5.84. The van der Waals surface area contributed by atoms with E-state index >= 15 is 0 Å². The zero-order valence-corrected chi connectivity index (χ0v) is 27.9. The minimum absolute atomic E-state index is 0.0565. The molecule has 0 aliphatic carbocycles. The molecule has 0 radical (unpaired) electrons. The van der Waals surface area contributed by atoms with Crippen molar-refractivity contribution in [1.82, 2.24) is 28.9 Å². The normalized spacial score (nSPS) is 18.6. The van der Waals surface area contributed by atoms with Crippen molar-refractivity contribution in [3.05, 3.63) is 95.7 Å². The van der Waals surface area contributed by atoms with Gasteiger partial charge >= 0.3 is 5.69 Å². The molecule has 8 rings (SSSR count). The van der Waals surface area contributed by atoms with Crippen LogP contribution in [0.25, 0.3) is 16.9 Å². The van der Waals surface area contributed by atoms with Gasteiger partial charge in [-0.3, -0.25) is 14.0 Å². The van der Waals surface area contributed by atoms with Crippen molar-refractivity contribution in [3.8, 4) is 17.2 Å². The number of benzene rings is 3. The maximum absolute atomic E-state index is 14.1. The SMILES string of the molecule is Nc1ccc(N2CC(N3CCC(CCN4CCC(n5c(=O)n(-c6ccc(Oc7ccccc7)cc6)c6c(N)ncnc65)CC4)CC3)C2)cc1. The van der Waals surface area contributed by atoms with Crippen LogP contribution >= 0.6 is 0 Å². The lowest BCUT2D eigenvalue weighted by atomic mass is 9.91. The maximum Gasteiger partial charge on any atom is 0.335 e. The van der Waals surface area contributed by atoms with Crippen LogP contribution in [0.15, 0.2) is 90.0 Å². The number of ether oxygens (including phenoxy) is 1. The maximum atomic E-state index is 14.1. The molecule has 3 saturated heterocycles. The molecule has 11 heteroatoms. The summed E-state index contributed by atoms with van der Waals surface area (Å²) in [7, 11) is 0. The topological polar surface area (TPSA) is 124 Å². The molecular formula is C38H45N9O2. The standard InChI is InChI=1S/C38H45N9O2/c39-28-6-8-29(9-7-28)45-24-32(25-45)44-22-15-27(16-23-44)14-19-43-20-17-31(18-21-43)47-37-35(36(40)41-26-42-37)46(38(47)48)30-10-12-34(13-11-30)49-33-4-2-1-3-5-33/h1-13,26-27,31-32H,14-25,39H2,(H2,40,41,42).